The maximum absolute atomic E-state index is 5.76. The second-order valence-corrected chi connectivity index (χ2v) is 7.75. The zero-order valence-electron chi connectivity index (χ0n) is 15.0. The second-order valence-electron chi connectivity index (χ2n) is 7.75. The van der Waals surface area contributed by atoms with E-state index in [-0.39, 0.29) is 0 Å². The normalized spacial score (nSPS) is 22.7. The number of aromatic nitrogens is 2. The van der Waals surface area contributed by atoms with Gasteiger partial charge in [-0.1, -0.05) is 6.42 Å². The molecule has 2 fully saturated rings. The molecule has 2 aromatic rings. The van der Waals surface area contributed by atoms with Crippen molar-refractivity contribution in [2.75, 3.05) is 13.1 Å². The molecule has 1 saturated carbocycles. The molecule has 1 aliphatic heterocycles. The van der Waals surface area contributed by atoms with E-state index < -0.39 is 0 Å². The number of hydrogen-bond acceptors (Lipinski definition) is 3. The summed E-state index contributed by atoms with van der Waals surface area (Å²) in [7, 11) is 0. The first-order valence-electron chi connectivity index (χ1n) is 9.49. The molecule has 0 aromatic carbocycles. The lowest BCUT2D eigenvalue weighted by Gasteiger charge is -2.34. The molecule has 2 aliphatic rings. The minimum atomic E-state index is 0.712. The SMILES string of the molecule is Cc1ccc(CN2CCCC(Cn3c(C)cnc3C3CCC3)C2)o1. The van der Waals surface area contributed by atoms with Gasteiger partial charge in [-0.05, 0) is 64.1 Å². The van der Waals surface area contributed by atoms with E-state index in [0.717, 1.165) is 30.5 Å². The maximum Gasteiger partial charge on any atom is 0.118 e. The Bertz CT molecular complexity index is 683. The van der Waals surface area contributed by atoms with Crippen molar-refractivity contribution in [3.05, 3.63) is 41.4 Å². The highest BCUT2D eigenvalue weighted by molar-refractivity contribution is 5.11. The summed E-state index contributed by atoms with van der Waals surface area (Å²) in [6, 6.07) is 4.18. The Morgan fingerprint density at radius 3 is 2.75 bits per heavy atom. The van der Waals surface area contributed by atoms with Gasteiger partial charge in [-0.15, -0.1) is 0 Å². The minimum Gasteiger partial charge on any atom is -0.465 e. The molecule has 4 rings (SSSR count). The summed E-state index contributed by atoms with van der Waals surface area (Å²) in [6.07, 6.45) is 8.71. The monoisotopic (exact) mass is 327 g/mol. The van der Waals surface area contributed by atoms with Gasteiger partial charge in [-0.2, -0.15) is 0 Å². The molecule has 1 saturated heterocycles. The van der Waals surface area contributed by atoms with Gasteiger partial charge in [0.15, 0.2) is 0 Å². The van der Waals surface area contributed by atoms with Crippen LogP contribution in [0.15, 0.2) is 22.7 Å². The summed E-state index contributed by atoms with van der Waals surface area (Å²) in [5.74, 6) is 4.89. The minimum absolute atomic E-state index is 0.712. The van der Waals surface area contributed by atoms with E-state index >= 15 is 0 Å². The van der Waals surface area contributed by atoms with E-state index in [4.69, 9.17) is 9.40 Å². The van der Waals surface area contributed by atoms with Crippen LogP contribution in [0.3, 0.4) is 0 Å². The number of rotatable bonds is 5. The number of nitrogens with zero attached hydrogens (tertiary/aromatic N) is 3. The molecule has 0 N–H and O–H groups in total. The summed E-state index contributed by atoms with van der Waals surface area (Å²) in [4.78, 5) is 7.28. The maximum atomic E-state index is 5.76. The largest absolute Gasteiger partial charge is 0.465 e. The van der Waals surface area contributed by atoms with Crippen molar-refractivity contribution in [1.82, 2.24) is 14.5 Å². The van der Waals surface area contributed by atoms with Crippen LogP contribution in [0.4, 0.5) is 0 Å². The number of furan rings is 1. The molecule has 0 amide bonds. The highest BCUT2D eigenvalue weighted by Gasteiger charge is 2.27. The molecule has 4 heteroatoms. The van der Waals surface area contributed by atoms with Crippen molar-refractivity contribution in [3.8, 4) is 0 Å². The van der Waals surface area contributed by atoms with Crippen LogP contribution in [0, 0.1) is 19.8 Å². The average Bonchev–Trinajstić information content (AvgIpc) is 3.06. The molecule has 3 heterocycles. The fraction of sp³-hybridized carbons (Fsp3) is 0.650. The lowest BCUT2D eigenvalue weighted by molar-refractivity contribution is 0.144. The quantitative estimate of drug-likeness (QED) is 0.822. The summed E-state index contributed by atoms with van der Waals surface area (Å²) in [5.41, 5.74) is 1.33. The topological polar surface area (TPSA) is 34.2 Å². The zero-order chi connectivity index (χ0) is 16.5. The number of likely N-dealkylation sites (tertiary alicyclic amines) is 1. The van der Waals surface area contributed by atoms with Gasteiger partial charge in [-0.25, -0.2) is 4.98 Å². The predicted octanol–water partition coefficient (Wildman–Crippen LogP) is 4.27. The molecule has 0 bridgehead atoms. The molecule has 1 atom stereocenters. The van der Waals surface area contributed by atoms with Crippen LogP contribution in [0.1, 0.15) is 61.1 Å². The van der Waals surface area contributed by atoms with Crippen LogP contribution < -0.4 is 0 Å². The molecule has 4 nitrogen and oxygen atoms in total. The first-order valence-corrected chi connectivity index (χ1v) is 9.49. The van der Waals surface area contributed by atoms with E-state index in [1.54, 1.807) is 0 Å². The molecule has 2 aromatic heterocycles. The first kappa shape index (κ1) is 15.9. The fourth-order valence-corrected chi connectivity index (χ4v) is 4.20. The molecular formula is C20H29N3O. The van der Waals surface area contributed by atoms with Gasteiger partial charge >= 0.3 is 0 Å². The van der Waals surface area contributed by atoms with Crippen molar-refractivity contribution in [2.24, 2.45) is 5.92 Å². The van der Waals surface area contributed by atoms with E-state index in [2.05, 4.69) is 34.7 Å². The molecule has 24 heavy (non-hydrogen) atoms. The van der Waals surface area contributed by atoms with Crippen LogP contribution in [-0.2, 0) is 13.1 Å². The molecular weight excluding hydrogens is 298 g/mol. The third-order valence-electron chi connectivity index (χ3n) is 5.78. The molecule has 1 aliphatic carbocycles. The highest BCUT2D eigenvalue weighted by Crippen LogP contribution is 2.36. The average molecular weight is 327 g/mol. The van der Waals surface area contributed by atoms with Crippen molar-refractivity contribution in [1.29, 1.82) is 0 Å². The Morgan fingerprint density at radius 2 is 2.04 bits per heavy atom. The van der Waals surface area contributed by atoms with E-state index in [1.165, 1.54) is 56.7 Å². The summed E-state index contributed by atoms with van der Waals surface area (Å²) >= 11 is 0. The van der Waals surface area contributed by atoms with Crippen LogP contribution in [0.5, 0.6) is 0 Å². The van der Waals surface area contributed by atoms with Crippen molar-refractivity contribution < 1.29 is 4.42 Å². The van der Waals surface area contributed by atoms with Gasteiger partial charge in [0.25, 0.3) is 0 Å². The molecule has 0 spiro atoms. The van der Waals surface area contributed by atoms with Crippen LogP contribution >= 0.6 is 0 Å². The Labute approximate surface area is 144 Å². The third-order valence-corrected chi connectivity index (χ3v) is 5.78. The Morgan fingerprint density at radius 1 is 1.17 bits per heavy atom. The predicted molar refractivity (Wildman–Crippen MR) is 95.0 cm³/mol. The number of hydrogen-bond donors (Lipinski definition) is 0. The lowest BCUT2D eigenvalue weighted by atomic mass is 9.84. The van der Waals surface area contributed by atoms with Crippen LogP contribution in [0.2, 0.25) is 0 Å². The van der Waals surface area contributed by atoms with Crippen LogP contribution in [-0.4, -0.2) is 27.5 Å². The number of aryl methyl sites for hydroxylation is 2. The van der Waals surface area contributed by atoms with E-state index in [1.807, 2.05) is 6.92 Å². The van der Waals surface area contributed by atoms with Gasteiger partial charge in [0.2, 0.25) is 0 Å². The smallest absolute Gasteiger partial charge is 0.118 e. The van der Waals surface area contributed by atoms with Crippen LogP contribution in [0.25, 0.3) is 0 Å². The zero-order valence-corrected chi connectivity index (χ0v) is 15.0. The fourth-order valence-electron chi connectivity index (χ4n) is 4.20. The standard InChI is InChI=1S/C20H29N3O/c1-15-11-21-20(18-6-3-7-18)23(15)13-17-5-4-10-22(12-17)14-19-9-8-16(2)24-19/h8-9,11,17-18H,3-7,10,12-14H2,1-2H3. The molecule has 0 radical (unpaired) electrons. The summed E-state index contributed by atoms with van der Waals surface area (Å²) in [5, 5.41) is 0. The van der Waals surface area contributed by atoms with Gasteiger partial charge in [0.1, 0.15) is 17.3 Å². The molecule has 130 valence electrons. The number of imidazole rings is 1. The van der Waals surface area contributed by atoms with Gasteiger partial charge in [0.05, 0.1) is 6.54 Å². The van der Waals surface area contributed by atoms with Crippen molar-refractivity contribution in [3.63, 3.8) is 0 Å². The van der Waals surface area contributed by atoms with Gasteiger partial charge in [-0.3, -0.25) is 4.90 Å². The van der Waals surface area contributed by atoms with Crippen molar-refractivity contribution in [2.45, 2.75) is 65.0 Å². The Hall–Kier alpha value is -1.55. The number of piperidine rings is 1. The summed E-state index contributed by atoms with van der Waals surface area (Å²) in [6.45, 7) is 8.66. The molecule has 1 unspecified atom stereocenters. The summed E-state index contributed by atoms with van der Waals surface area (Å²) < 4.78 is 8.27. The Balaban J connectivity index is 1.40. The highest BCUT2D eigenvalue weighted by atomic mass is 16.3. The third kappa shape index (κ3) is 3.30. The first-order chi connectivity index (χ1) is 11.7. The van der Waals surface area contributed by atoms with E-state index in [0.29, 0.717) is 5.92 Å². The van der Waals surface area contributed by atoms with Gasteiger partial charge < -0.3 is 8.98 Å². The van der Waals surface area contributed by atoms with Gasteiger partial charge in [0, 0.05) is 30.9 Å². The van der Waals surface area contributed by atoms with Crippen molar-refractivity contribution >= 4 is 0 Å². The lowest BCUT2D eigenvalue weighted by Crippen LogP contribution is -2.37. The van der Waals surface area contributed by atoms with E-state index in [9.17, 15) is 0 Å². The Kier molecular flexibility index (Phi) is 4.49. The second kappa shape index (κ2) is 6.75.